The lowest BCUT2D eigenvalue weighted by Gasteiger charge is -2.30. The predicted octanol–water partition coefficient (Wildman–Crippen LogP) is 2.75. The van der Waals surface area contributed by atoms with Crippen LogP contribution in [0.5, 0.6) is 0 Å². The maximum Gasteiger partial charge on any atom is 0.405 e. The van der Waals surface area contributed by atoms with E-state index >= 15 is 0 Å². The highest BCUT2D eigenvalue weighted by atomic mass is 35.5. The lowest BCUT2D eigenvalue weighted by atomic mass is 9.86. The molecule has 7 nitrogen and oxygen atoms in total. The molecule has 4 N–H and O–H groups in total. The van der Waals surface area contributed by atoms with E-state index < -0.39 is 24.6 Å². The topological polar surface area (TPSA) is 86.8 Å². The van der Waals surface area contributed by atoms with Crippen molar-refractivity contribution in [1.82, 2.24) is 21.5 Å². The van der Waals surface area contributed by atoms with Crippen molar-refractivity contribution in [1.29, 1.82) is 0 Å². The van der Waals surface area contributed by atoms with Crippen LogP contribution < -0.4 is 21.5 Å². The van der Waals surface area contributed by atoms with E-state index in [0.29, 0.717) is 19.3 Å². The minimum absolute atomic E-state index is 0.0728. The number of hydrogen-bond donors (Lipinski definition) is 4. The van der Waals surface area contributed by atoms with Gasteiger partial charge in [0.2, 0.25) is 5.91 Å². The van der Waals surface area contributed by atoms with E-state index in [1.165, 1.54) is 0 Å². The van der Waals surface area contributed by atoms with Gasteiger partial charge in [0.25, 0.3) is 0 Å². The van der Waals surface area contributed by atoms with Gasteiger partial charge >= 0.3 is 6.18 Å². The number of guanidine groups is 1. The Labute approximate surface area is 190 Å². The summed E-state index contributed by atoms with van der Waals surface area (Å²) in [6, 6.07) is -1.71. The van der Waals surface area contributed by atoms with Crippen molar-refractivity contribution in [3.05, 3.63) is 0 Å². The van der Waals surface area contributed by atoms with E-state index in [1.54, 1.807) is 7.11 Å². The Morgan fingerprint density at radius 3 is 2.56 bits per heavy atom. The monoisotopic (exact) mass is 485 g/mol. The van der Waals surface area contributed by atoms with Crippen molar-refractivity contribution in [2.24, 2.45) is 16.8 Å². The maximum atomic E-state index is 13.5. The molecule has 2 aliphatic carbocycles. The highest BCUT2D eigenvalue weighted by Crippen LogP contribution is 2.31. The molecule has 0 bridgehead atoms. The van der Waals surface area contributed by atoms with Crippen LogP contribution in [-0.2, 0) is 9.53 Å². The molecule has 184 valence electrons. The molecule has 3 fully saturated rings. The number of nitrogens with one attached hydrogen (secondary N) is 4. The van der Waals surface area contributed by atoms with Gasteiger partial charge in [-0.25, -0.2) is 15.2 Å². The second-order valence-electron chi connectivity index (χ2n) is 8.85. The molecule has 12 heteroatoms. The summed E-state index contributed by atoms with van der Waals surface area (Å²) in [6.07, 6.45) is -2.05. The second kappa shape index (κ2) is 11.3. The molecule has 3 aliphatic rings. The van der Waals surface area contributed by atoms with Crippen LogP contribution in [0, 0.1) is 11.8 Å². The van der Waals surface area contributed by atoms with Crippen molar-refractivity contribution in [3.63, 3.8) is 0 Å². The summed E-state index contributed by atoms with van der Waals surface area (Å²) in [5, 5.41) is 5.24. The van der Waals surface area contributed by atoms with Gasteiger partial charge in [-0.2, -0.15) is 13.2 Å². The molecule has 32 heavy (non-hydrogen) atoms. The van der Waals surface area contributed by atoms with E-state index in [2.05, 4.69) is 26.5 Å². The van der Waals surface area contributed by atoms with Crippen LogP contribution >= 0.6 is 11.6 Å². The third-order valence-electron chi connectivity index (χ3n) is 6.52. The Morgan fingerprint density at radius 2 is 1.91 bits per heavy atom. The Bertz CT molecular complexity index is 668. The largest absolute Gasteiger partial charge is 0.405 e. The van der Waals surface area contributed by atoms with Gasteiger partial charge < -0.3 is 10.1 Å². The van der Waals surface area contributed by atoms with Gasteiger partial charge in [-0.1, -0.05) is 12.8 Å². The minimum Gasteiger partial charge on any atom is -0.381 e. The first-order valence-electron chi connectivity index (χ1n) is 11.2. The van der Waals surface area contributed by atoms with Crippen molar-refractivity contribution < 1.29 is 27.1 Å². The van der Waals surface area contributed by atoms with Crippen LogP contribution in [0.25, 0.3) is 0 Å². The number of carbonyl (C=O) groups excluding carboxylic acids is 1. The molecule has 2 saturated carbocycles. The van der Waals surface area contributed by atoms with E-state index in [9.17, 15) is 22.4 Å². The Hall–Kier alpha value is -1.17. The van der Waals surface area contributed by atoms with Crippen LogP contribution in [0.4, 0.5) is 17.6 Å². The number of halogens is 5. The molecule has 0 spiro atoms. The number of alkyl halides is 5. The van der Waals surface area contributed by atoms with E-state index in [1.807, 2.05) is 0 Å². The van der Waals surface area contributed by atoms with Gasteiger partial charge in [-0.15, -0.1) is 11.6 Å². The zero-order valence-electron chi connectivity index (χ0n) is 18.1. The van der Waals surface area contributed by atoms with Crippen molar-refractivity contribution in [2.45, 2.75) is 87.4 Å². The number of hydrazine groups is 1. The summed E-state index contributed by atoms with van der Waals surface area (Å²) < 4.78 is 57.9. The third-order valence-corrected chi connectivity index (χ3v) is 7.05. The van der Waals surface area contributed by atoms with Crippen LogP contribution in [0.1, 0.15) is 51.4 Å². The zero-order valence-corrected chi connectivity index (χ0v) is 18.8. The molecule has 1 heterocycles. The average Bonchev–Trinajstić information content (AvgIpc) is 3.22. The first-order valence-corrected chi connectivity index (χ1v) is 11.6. The molecule has 0 aromatic heterocycles. The molecule has 1 aliphatic heterocycles. The van der Waals surface area contributed by atoms with Crippen molar-refractivity contribution >= 4 is 23.5 Å². The summed E-state index contributed by atoms with van der Waals surface area (Å²) in [5.41, 5.74) is 4.77. The molecule has 0 aromatic rings. The maximum absolute atomic E-state index is 13.5. The number of carbonyl (C=O) groups is 1. The van der Waals surface area contributed by atoms with Crippen LogP contribution in [0.2, 0.25) is 0 Å². The fourth-order valence-electron chi connectivity index (χ4n) is 4.58. The Morgan fingerprint density at radius 1 is 1.16 bits per heavy atom. The molecular weight excluding hydrogens is 454 g/mol. The van der Waals surface area contributed by atoms with Crippen LogP contribution in [0.15, 0.2) is 4.99 Å². The summed E-state index contributed by atoms with van der Waals surface area (Å²) in [7, 11) is 1.57. The summed E-state index contributed by atoms with van der Waals surface area (Å²) in [5.74, 6) is -0.628. The summed E-state index contributed by atoms with van der Waals surface area (Å²) in [4.78, 5) is 17.4. The lowest BCUT2D eigenvalue weighted by molar-refractivity contribution is -0.153. The lowest BCUT2D eigenvalue weighted by Crippen LogP contribution is -2.53. The number of methoxy groups -OCH3 is 1. The third kappa shape index (κ3) is 6.91. The van der Waals surface area contributed by atoms with Gasteiger partial charge in [0.1, 0.15) is 12.2 Å². The second-order valence-corrected chi connectivity index (χ2v) is 9.41. The van der Waals surface area contributed by atoms with Crippen LogP contribution in [0.3, 0.4) is 0 Å². The summed E-state index contributed by atoms with van der Waals surface area (Å²) in [6.45, 7) is 0.241. The number of ether oxygens (including phenoxy) is 1. The number of rotatable bonds is 5. The Kier molecular flexibility index (Phi) is 8.99. The Balaban J connectivity index is 1.66. The number of aliphatic imine (C=N–C) groups is 1. The molecule has 7 atom stereocenters. The normalized spacial score (nSPS) is 36.7. The SMILES string of the molecule is COC1CCCCC1C(=O)NC(=NCC1CCC(F)CC1Cl)NC1CC(C(F)(F)F)NN1. The van der Waals surface area contributed by atoms with Gasteiger partial charge in [0.15, 0.2) is 5.96 Å². The molecule has 1 saturated heterocycles. The first-order chi connectivity index (χ1) is 15.2. The number of amides is 1. The van der Waals surface area contributed by atoms with E-state index in [4.69, 9.17) is 16.3 Å². The van der Waals surface area contributed by atoms with Gasteiger partial charge in [0.05, 0.1) is 18.2 Å². The van der Waals surface area contributed by atoms with E-state index in [0.717, 1.165) is 19.3 Å². The zero-order chi connectivity index (χ0) is 23.3. The van der Waals surface area contributed by atoms with E-state index in [-0.39, 0.29) is 54.6 Å². The fraction of sp³-hybridized carbons (Fsp3) is 0.900. The minimum atomic E-state index is -4.39. The highest BCUT2D eigenvalue weighted by molar-refractivity contribution is 6.20. The highest BCUT2D eigenvalue weighted by Gasteiger charge is 2.44. The quantitative estimate of drug-likeness (QED) is 0.208. The molecule has 3 rings (SSSR count). The molecular formula is C20H32ClF4N5O2. The van der Waals surface area contributed by atoms with Crippen molar-refractivity contribution in [3.8, 4) is 0 Å². The van der Waals surface area contributed by atoms with Crippen LogP contribution in [-0.4, -0.2) is 61.6 Å². The van der Waals surface area contributed by atoms with Gasteiger partial charge in [0, 0.05) is 25.5 Å². The van der Waals surface area contributed by atoms with Gasteiger partial charge in [-0.3, -0.25) is 15.1 Å². The fourth-order valence-corrected chi connectivity index (χ4v) is 4.98. The molecule has 0 aromatic carbocycles. The summed E-state index contributed by atoms with van der Waals surface area (Å²) >= 11 is 6.29. The molecule has 7 unspecified atom stereocenters. The first kappa shape index (κ1) is 25.5. The van der Waals surface area contributed by atoms with Gasteiger partial charge in [-0.05, 0) is 38.0 Å². The number of nitrogens with zero attached hydrogens (tertiary/aromatic N) is 1. The average molecular weight is 486 g/mol. The standard InChI is InChI=1S/C20H32ClF4N5O2/c1-32-15-5-3-2-4-13(15)18(31)28-19(26-10-11-6-7-12(22)8-14(11)21)27-17-9-16(29-30-17)20(23,24)25/h11-17,29-30H,2-10H2,1H3,(H2,26,27,28,31). The molecule has 1 amide bonds. The number of hydrogen-bond acceptors (Lipinski definition) is 5. The predicted molar refractivity (Wildman–Crippen MR) is 113 cm³/mol. The molecule has 0 radical (unpaired) electrons. The van der Waals surface area contributed by atoms with Crippen molar-refractivity contribution in [2.75, 3.05) is 13.7 Å². The smallest absolute Gasteiger partial charge is 0.381 e.